The summed E-state index contributed by atoms with van der Waals surface area (Å²) >= 11 is 3.26. The molecule has 2 nitrogen and oxygen atoms in total. The van der Waals surface area contributed by atoms with E-state index in [0.717, 1.165) is 22.4 Å². The van der Waals surface area contributed by atoms with Crippen LogP contribution in [0.3, 0.4) is 0 Å². The maximum Gasteiger partial charge on any atom is 0.122 e. The lowest BCUT2D eigenvalue weighted by Gasteiger charge is -2.14. The van der Waals surface area contributed by atoms with Gasteiger partial charge in [-0.15, -0.1) is 0 Å². The van der Waals surface area contributed by atoms with Crippen molar-refractivity contribution >= 4 is 15.9 Å². The van der Waals surface area contributed by atoms with E-state index in [4.69, 9.17) is 4.74 Å². The van der Waals surface area contributed by atoms with Crippen molar-refractivity contribution in [1.29, 1.82) is 0 Å². The quantitative estimate of drug-likeness (QED) is 0.846. The summed E-state index contributed by atoms with van der Waals surface area (Å²) < 4.78 is 5.20. The first-order chi connectivity index (χ1) is 6.60. The van der Waals surface area contributed by atoms with Gasteiger partial charge in [-0.1, -0.05) is 15.9 Å². The van der Waals surface area contributed by atoms with Gasteiger partial charge in [0.2, 0.25) is 0 Å². The molecule has 1 aromatic rings. The number of methoxy groups -OCH3 is 1. The molecule has 3 heteroatoms. The lowest BCUT2D eigenvalue weighted by molar-refractivity contribution is 0.204. The first-order valence-electron chi connectivity index (χ1n) is 4.49. The number of aryl methyl sites for hydroxylation is 2. The van der Waals surface area contributed by atoms with E-state index in [9.17, 15) is 5.11 Å². The van der Waals surface area contributed by atoms with Crippen LogP contribution >= 0.6 is 15.9 Å². The van der Waals surface area contributed by atoms with Gasteiger partial charge in [0.05, 0.1) is 13.2 Å². The molecule has 0 aromatic heterocycles. The molecule has 1 unspecified atom stereocenters. The second-order valence-corrected chi connectivity index (χ2v) is 4.00. The van der Waals surface area contributed by atoms with Crippen LogP contribution in [0.25, 0.3) is 0 Å². The van der Waals surface area contributed by atoms with Gasteiger partial charge in [-0.05, 0) is 42.7 Å². The second-order valence-electron chi connectivity index (χ2n) is 3.35. The average molecular weight is 259 g/mol. The Morgan fingerprint density at radius 3 is 2.50 bits per heavy atom. The highest BCUT2D eigenvalue weighted by molar-refractivity contribution is 9.09. The molecule has 14 heavy (non-hydrogen) atoms. The number of benzene rings is 1. The molecular formula is C11H15BrO2. The Hall–Kier alpha value is -0.540. The third-order valence-electron chi connectivity index (χ3n) is 2.29. The first-order valence-corrected chi connectivity index (χ1v) is 5.61. The van der Waals surface area contributed by atoms with E-state index in [2.05, 4.69) is 15.9 Å². The Bertz CT molecular complexity index is 323. The molecule has 0 radical (unpaired) electrons. The van der Waals surface area contributed by atoms with Crippen molar-refractivity contribution < 1.29 is 9.84 Å². The summed E-state index contributed by atoms with van der Waals surface area (Å²) in [5, 5.41) is 10.3. The summed E-state index contributed by atoms with van der Waals surface area (Å²) in [7, 11) is 1.66. The van der Waals surface area contributed by atoms with Crippen molar-refractivity contribution in [1.82, 2.24) is 0 Å². The van der Waals surface area contributed by atoms with Crippen LogP contribution < -0.4 is 4.74 Å². The molecular weight excluding hydrogens is 244 g/mol. The monoisotopic (exact) mass is 258 g/mol. The lowest BCUT2D eigenvalue weighted by Crippen LogP contribution is -2.02. The Kier molecular flexibility index (Phi) is 3.96. The summed E-state index contributed by atoms with van der Waals surface area (Å²) in [5.41, 5.74) is 3.06. The van der Waals surface area contributed by atoms with Crippen molar-refractivity contribution in [2.24, 2.45) is 0 Å². The fourth-order valence-corrected chi connectivity index (χ4v) is 1.82. The van der Waals surface area contributed by atoms with E-state index in [1.165, 1.54) is 0 Å². The van der Waals surface area contributed by atoms with Crippen molar-refractivity contribution in [2.45, 2.75) is 20.0 Å². The molecule has 1 N–H and O–H groups in total. The Balaban J connectivity index is 3.14. The number of hydrogen-bond donors (Lipinski definition) is 1. The summed E-state index contributed by atoms with van der Waals surface area (Å²) in [4.78, 5) is 0. The van der Waals surface area contributed by atoms with Crippen molar-refractivity contribution in [3.63, 3.8) is 0 Å². The zero-order chi connectivity index (χ0) is 10.7. The molecule has 0 aliphatic rings. The van der Waals surface area contributed by atoms with Gasteiger partial charge in [-0.2, -0.15) is 0 Å². The maximum atomic E-state index is 9.71. The molecule has 0 fully saturated rings. The van der Waals surface area contributed by atoms with Crippen molar-refractivity contribution in [3.05, 3.63) is 28.8 Å². The minimum atomic E-state index is -0.445. The number of aliphatic hydroxyl groups excluding tert-OH is 1. The minimum Gasteiger partial charge on any atom is -0.496 e. The topological polar surface area (TPSA) is 29.5 Å². The highest BCUT2D eigenvalue weighted by atomic mass is 79.9. The summed E-state index contributed by atoms with van der Waals surface area (Å²) in [5.74, 6) is 0.869. The van der Waals surface area contributed by atoms with Crippen LogP contribution in [0.5, 0.6) is 5.75 Å². The first kappa shape index (κ1) is 11.5. The van der Waals surface area contributed by atoms with Crippen molar-refractivity contribution in [3.8, 4) is 5.75 Å². The summed E-state index contributed by atoms with van der Waals surface area (Å²) in [6.45, 7) is 3.95. The SMILES string of the molecule is COc1cc(C)c(C(O)CBr)cc1C. The number of rotatable bonds is 3. The Morgan fingerprint density at radius 2 is 2.00 bits per heavy atom. The molecule has 0 saturated heterocycles. The van der Waals surface area contributed by atoms with Gasteiger partial charge in [0.25, 0.3) is 0 Å². The zero-order valence-electron chi connectivity index (χ0n) is 8.67. The van der Waals surface area contributed by atoms with Gasteiger partial charge in [-0.25, -0.2) is 0 Å². The highest BCUT2D eigenvalue weighted by Crippen LogP contribution is 2.27. The van der Waals surface area contributed by atoms with E-state index in [1.807, 2.05) is 26.0 Å². The van der Waals surface area contributed by atoms with Crippen molar-refractivity contribution in [2.75, 3.05) is 12.4 Å². The second kappa shape index (κ2) is 4.80. The maximum absolute atomic E-state index is 9.71. The lowest BCUT2D eigenvalue weighted by atomic mass is 10.0. The summed E-state index contributed by atoms with van der Waals surface area (Å²) in [6.07, 6.45) is -0.445. The molecule has 0 bridgehead atoms. The molecule has 0 aliphatic carbocycles. The summed E-state index contributed by atoms with van der Waals surface area (Å²) in [6, 6.07) is 3.93. The predicted octanol–water partition coefficient (Wildman–Crippen LogP) is 2.74. The molecule has 0 amide bonds. The molecule has 1 aromatic carbocycles. The fraction of sp³-hybridized carbons (Fsp3) is 0.455. The number of aliphatic hydroxyl groups is 1. The van der Waals surface area contributed by atoms with E-state index in [0.29, 0.717) is 5.33 Å². The van der Waals surface area contributed by atoms with Gasteiger partial charge in [0.15, 0.2) is 0 Å². The van der Waals surface area contributed by atoms with Gasteiger partial charge in [0.1, 0.15) is 5.75 Å². The van der Waals surface area contributed by atoms with E-state index in [1.54, 1.807) is 7.11 Å². The van der Waals surface area contributed by atoms with E-state index >= 15 is 0 Å². The highest BCUT2D eigenvalue weighted by Gasteiger charge is 2.11. The van der Waals surface area contributed by atoms with Crippen LogP contribution in [0, 0.1) is 13.8 Å². The van der Waals surface area contributed by atoms with Crippen LogP contribution in [-0.2, 0) is 0 Å². The number of halogens is 1. The molecule has 1 rings (SSSR count). The number of ether oxygens (including phenoxy) is 1. The average Bonchev–Trinajstić information content (AvgIpc) is 2.19. The Labute approximate surface area is 93.0 Å². The molecule has 0 spiro atoms. The molecule has 0 heterocycles. The number of hydrogen-bond acceptors (Lipinski definition) is 2. The van der Waals surface area contributed by atoms with Gasteiger partial charge in [0, 0.05) is 5.33 Å². The standard InChI is InChI=1S/C11H15BrO2/c1-7-5-11(14-3)8(2)4-9(7)10(13)6-12/h4-5,10,13H,6H2,1-3H3. The van der Waals surface area contributed by atoms with Gasteiger partial charge in [-0.3, -0.25) is 0 Å². The van der Waals surface area contributed by atoms with Gasteiger partial charge < -0.3 is 9.84 Å². The fourth-order valence-electron chi connectivity index (χ4n) is 1.47. The van der Waals surface area contributed by atoms with Crippen LogP contribution in [0.1, 0.15) is 22.8 Å². The van der Waals surface area contributed by atoms with Crippen LogP contribution in [0.4, 0.5) is 0 Å². The third-order valence-corrected chi connectivity index (χ3v) is 2.90. The normalized spacial score (nSPS) is 12.6. The van der Waals surface area contributed by atoms with Gasteiger partial charge >= 0.3 is 0 Å². The molecule has 0 aliphatic heterocycles. The van der Waals surface area contributed by atoms with E-state index in [-0.39, 0.29) is 0 Å². The third kappa shape index (κ3) is 2.28. The smallest absolute Gasteiger partial charge is 0.122 e. The predicted molar refractivity (Wildman–Crippen MR) is 61.2 cm³/mol. The van der Waals surface area contributed by atoms with Crippen LogP contribution in [-0.4, -0.2) is 17.5 Å². The molecule has 78 valence electrons. The zero-order valence-corrected chi connectivity index (χ0v) is 10.3. The largest absolute Gasteiger partial charge is 0.496 e. The number of alkyl halides is 1. The minimum absolute atomic E-state index is 0.445. The Morgan fingerprint density at radius 1 is 1.36 bits per heavy atom. The van der Waals surface area contributed by atoms with E-state index < -0.39 is 6.10 Å². The molecule has 1 atom stereocenters. The van der Waals surface area contributed by atoms with Crippen LogP contribution in [0.15, 0.2) is 12.1 Å². The van der Waals surface area contributed by atoms with Crippen LogP contribution in [0.2, 0.25) is 0 Å². The molecule has 0 saturated carbocycles.